The summed E-state index contributed by atoms with van der Waals surface area (Å²) in [5.41, 5.74) is 0.326. The molecular formula is C9H8FNO. The predicted octanol–water partition coefficient (Wildman–Crippen LogP) is 1.58. The molecule has 0 spiro atoms. The van der Waals surface area contributed by atoms with E-state index in [1.165, 1.54) is 18.2 Å². The van der Waals surface area contributed by atoms with Gasteiger partial charge in [0.1, 0.15) is 0 Å². The smallest absolute Gasteiger partial charge is 0.175 e. The van der Waals surface area contributed by atoms with Crippen molar-refractivity contribution in [1.82, 2.24) is 0 Å². The fraction of sp³-hybridized carbons (Fsp3) is 0.222. The van der Waals surface area contributed by atoms with E-state index < -0.39 is 12.3 Å². The van der Waals surface area contributed by atoms with Gasteiger partial charge in [-0.15, -0.1) is 0 Å². The summed E-state index contributed by atoms with van der Waals surface area (Å²) in [5.74, 6) is 0. The lowest BCUT2D eigenvalue weighted by Crippen LogP contribution is -2.11. The molecule has 0 fully saturated rings. The second-order valence-corrected chi connectivity index (χ2v) is 2.39. The SMILES string of the molecule is N#CC(O)[C@H](F)c1ccccc1. The molecule has 0 aliphatic carbocycles. The number of alkyl halides is 1. The molecule has 3 heteroatoms. The zero-order valence-corrected chi connectivity index (χ0v) is 6.31. The Labute approximate surface area is 69.9 Å². The maximum Gasteiger partial charge on any atom is 0.175 e. The van der Waals surface area contributed by atoms with Crippen molar-refractivity contribution in [2.45, 2.75) is 12.3 Å². The molecule has 12 heavy (non-hydrogen) atoms. The van der Waals surface area contributed by atoms with Crippen molar-refractivity contribution in [3.05, 3.63) is 35.9 Å². The average molecular weight is 165 g/mol. The number of aliphatic hydroxyl groups excluding tert-OH is 1. The lowest BCUT2D eigenvalue weighted by Gasteiger charge is -2.08. The second kappa shape index (κ2) is 3.84. The molecule has 0 saturated heterocycles. The summed E-state index contributed by atoms with van der Waals surface area (Å²) in [7, 11) is 0. The molecule has 0 saturated carbocycles. The van der Waals surface area contributed by atoms with Crippen LogP contribution in [0.25, 0.3) is 0 Å². The van der Waals surface area contributed by atoms with Crippen LogP contribution >= 0.6 is 0 Å². The fourth-order valence-electron chi connectivity index (χ4n) is 0.885. The quantitative estimate of drug-likeness (QED) is 0.676. The Bertz CT molecular complexity index is 280. The number of nitrogens with zero attached hydrogens (tertiary/aromatic N) is 1. The lowest BCUT2D eigenvalue weighted by atomic mass is 10.1. The Morgan fingerprint density at radius 1 is 1.33 bits per heavy atom. The summed E-state index contributed by atoms with van der Waals surface area (Å²) in [6.45, 7) is 0. The Hall–Kier alpha value is -1.40. The minimum absolute atomic E-state index is 0.326. The Balaban J connectivity index is 2.80. The van der Waals surface area contributed by atoms with E-state index in [9.17, 15) is 4.39 Å². The van der Waals surface area contributed by atoms with Crippen LogP contribution in [0.4, 0.5) is 4.39 Å². The summed E-state index contributed by atoms with van der Waals surface area (Å²) >= 11 is 0. The molecule has 1 aromatic carbocycles. The van der Waals surface area contributed by atoms with E-state index in [1.54, 1.807) is 18.2 Å². The Morgan fingerprint density at radius 2 is 1.92 bits per heavy atom. The number of nitriles is 1. The third-order valence-electron chi connectivity index (χ3n) is 1.53. The van der Waals surface area contributed by atoms with Crippen molar-refractivity contribution in [2.75, 3.05) is 0 Å². The molecule has 0 amide bonds. The van der Waals surface area contributed by atoms with Crippen molar-refractivity contribution in [3.8, 4) is 6.07 Å². The normalized spacial score (nSPS) is 14.8. The maximum atomic E-state index is 13.1. The first-order valence-corrected chi connectivity index (χ1v) is 3.52. The summed E-state index contributed by atoms with van der Waals surface area (Å²) in [6.07, 6.45) is -3.19. The van der Waals surface area contributed by atoms with Gasteiger partial charge in [0.15, 0.2) is 12.3 Å². The highest BCUT2D eigenvalue weighted by atomic mass is 19.1. The highest BCUT2D eigenvalue weighted by molar-refractivity contribution is 5.20. The maximum absolute atomic E-state index is 13.1. The van der Waals surface area contributed by atoms with Gasteiger partial charge in [-0.2, -0.15) is 5.26 Å². The van der Waals surface area contributed by atoms with E-state index in [0.717, 1.165) is 0 Å². The van der Waals surface area contributed by atoms with Crippen LogP contribution in [0.3, 0.4) is 0 Å². The van der Waals surface area contributed by atoms with Gasteiger partial charge >= 0.3 is 0 Å². The number of hydrogen-bond acceptors (Lipinski definition) is 2. The number of halogens is 1. The lowest BCUT2D eigenvalue weighted by molar-refractivity contribution is 0.122. The van der Waals surface area contributed by atoms with Crippen LogP contribution in [-0.4, -0.2) is 11.2 Å². The topological polar surface area (TPSA) is 44.0 Å². The average Bonchev–Trinajstić information content (AvgIpc) is 2.17. The molecule has 1 N–H and O–H groups in total. The summed E-state index contributed by atoms with van der Waals surface area (Å²) in [5, 5.41) is 17.1. The molecule has 0 aromatic heterocycles. The molecule has 1 rings (SSSR count). The second-order valence-electron chi connectivity index (χ2n) is 2.39. The molecule has 0 bridgehead atoms. The van der Waals surface area contributed by atoms with Crippen LogP contribution in [0.15, 0.2) is 30.3 Å². The van der Waals surface area contributed by atoms with Crippen LogP contribution < -0.4 is 0 Å². The highest BCUT2D eigenvalue weighted by Crippen LogP contribution is 2.20. The van der Waals surface area contributed by atoms with Gasteiger partial charge in [-0.1, -0.05) is 30.3 Å². The molecule has 0 heterocycles. The minimum Gasteiger partial charge on any atom is -0.375 e. The zero-order chi connectivity index (χ0) is 8.97. The van der Waals surface area contributed by atoms with E-state index in [1.807, 2.05) is 0 Å². The number of hydrogen-bond donors (Lipinski definition) is 1. The molecule has 0 radical (unpaired) electrons. The molecule has 1 unspecified atom stereocenters. The van der Waals surface area contributed by atoms with Crippen LogP contribution in [0.5, 0.6) is 0 Å². The van der Waals surface area contributed by atoms with Gasteiger partial charge in [0.25, 0.3) is 0 Å². The first kappa shape index (κ1) is 8.69. The summed E-state index contributed by atoms with van der Waals surface area (Å²) in [4.78, 5) is 0. The zero-order valence-electron chi connectivity index (χ0n) is 6.31. The van der Waals surface area contributed by atoms with E-state index in [2.05, 4.69) is 0 Å². The number of rotatable bonds is 2. The van der Waals surface area contributed by atoms with Gasteiger partial charge < -0.3 is 5.11 Å². The number of aliphatic hydroxyl groups is 1. The number of benzene rings is 1. The predicted molar refractivity (Wildman–Crippen MR) is 41.9 cm³/mol. The van der Waals surface area contributed by atoms with E-state index >= 15 is 0 Å². The first-order chi connectivity index (χ1) is 5.75. The van der Waals surface area contributed by atoms with Gasteiger partial charge in [-0.25, -0.2) is 4.39 Å². The van der Waals surface area contributed by atoms with Crippen molar-refractivity contribution in [1.29, 1.82) is 5.26 Å². The third-order valence-corrected chi connectivity index (χ3v) is 1.53. The molecular weight excluding hydrogens is 157 g/mol. The molecule has 2 nitrogen and oxygen atoms in total. The first-order valence-electron chi connectivity index (χ1n) is 3.52. The highest BCUT2D eigenvalue weighted by Gasteiger charge is 2.18. The summed E-state index contributed by atoms with van der Waals surface area (Å²) in [6, 6.07) is 9.57. The Kier molecular flexibility index (Phi) is 2.78. The van der Waals surface area contributed by atoms with Crippen molar-refractivity contribution >= 4 is 0 Å². The monoisotopic (exact) mass is 165 g/mol. The molecule has 0 aliphatic heterocycles. The van der Waals surface area contributed by atoms with Gasteiger partial charge in [-0.3, -0.25) is 0 Å². The van der Waals surface area contributed by atoms with Crippen LogP contribution in [0.2, 0.25) is 0 Å². The van der Waals surface area contributed by atoms with Crippen molar-refractivity contribution < 1.29 is 9.50 Å². The summed E-state index contributed by atoms with van der Waals surface area (Å²) < 4.78 is 13.1. The van der Waals surface area contributed by atoms with E-state index in [-0.39, 0.29) is 0 Å². The van der Waals surface area contributed by atoms with E-state index in [0.29, 0.717) is 5.56 Å². The molecule has 1 aromatic rings. The molecule has 2 atom stereocenters. The van der Waals surface area contributed by atoms with Gasteiger partial charge in [0.2, 0.25) is 0 Å². The van der Waals surface area contributed by atoms with Crippen LogP contribution in [-0.2, 0) is 0 Å². The van der Waals surface area contributed by atoms with E-state index in [4.69, 9.17) is 10.4 Å². The minimum atomic E-state index is -1.61. The standard InChI is InChI=1S/C9H8FNO/c10-9(8(12)6-11)7-4-2-1-3-5-7/h1-5,8-9,12H/t8?,9-/m1/s1. The molecule has 62 valence electrons. The van der Waals surface area contributed by atoms with Gasteiger partial charge in [-0.05, 0) is 5.56 Å². The molecule has 0 aliphatic rings. The van der Waals surface area contributed by atoms with Crippen molar-refractivity contribution in [3.63, 3.8) is 0 Å². The third kappa shape index (κ3) is 1.80. The fourth-order valence-corrected chi connectivity index (χ4v) is 0.885. The van der Waals surface area contributed by atoms with Gasteiger partial charge in [0.05, 0.1) is 6.07 Å². The van der Waals surface area contributed by atoms with Gasteiger partial charge in [0, 0.05) is 0 Å². The van der Waals surface area contributed by atoms with Crippen LogP contribution in [0, 0.1) is 11.3 Å². The largest absolute Gasteiger partial charge is 0.375 e. The Morgan fingerprint density at radius 3 is 2.42 bits per heavy atom. The van der Waals surface area contributed by atoms with Crippen molar-refractivity contribution in [2.24, 2.45) is 0 Å². The van der Waals surface area contributed by atoms with Crippen LogP contribution in [0.1, 0.15) is 11.7 Å².